The van der Waals surface area contributed by atoms with Crippen molar-refractivity contribution in [3.8, 4) is 5.75 Å². The average molecular weight is 315 g/mol. The van der Waals surface area contributed by atoms with Crippen molar-refractivity contribution in [1.29, 1.82) is 0 Å². The number of carbonyl (C=O) groups is 1. The van der Waals surface area contributed by atoms with Gasteiger partial charge < -0.3 is 10.2 Å². The van der Waals surface area contributed by atoms with E-state index in [0.717, 1.165) is 6.07 Å². The molecular formula is C7H4F2INO3. The number of nitrogens with zero attached hydrogens (tertiary/aromatic N) is 1. The van der Waals surface area contributed by atoms with Gasteiger partial charge in [0.15, 0.2) is 0 Å². The molecule has 1 aromatic heterocycles. The molecule has 0 aliphatic rings. The quantitative estimate of drug-likeness (QED) is 0.647. The molecule has 0 bridgehead atoms. The fourth-order valence-corrected chi connectivity index (χ4v) is 1.45. The smallest absolute Gasteiger partial charge is 0.338 e. The molecule has 0 radical (unpaired) electrons. The fourth-order valence-electron chi connectivity index (χ4n) is 0.804. The highest BCUT2D eigenvalue weighted by Gasteiger charge is 2.20. The van der Waals surface area contributed by atoms with Gasteiger partial charge in [0, 0.05) is 0 Å². The molecule has 7 heteroatoms. The van der Waals surface area contributed by atoms with E-state index in [2.05, 4.69) is 4.98 Å². The maximum Gasteiger partial charge on any atom is 0.338 e. The molecule has 0 saturated carbocycles. The number of aromatic hydroxyl groups is 1. The van der Waals surface area contributed by atoms with E-state index in [1.165, 1.54) is 22.6 Å². The Balaban J connectivity index is 3.31. The third-order valence-corrected chi connectivity index (χ3v) is 2.24. The molecule has 0 spiro atoms. The van der Waals surface area contributed by atoms with Crippen molar-refractivity contribution >= 4 is 28.6 Å². The lowest BCUT2D eigenvalue weighted by Gasteiger charge is -2.05. The van der Waals surface area contributed by atoms with Crippen molar-refractivity contribution in [3.05, 3.63) is 21.0 Å². The summed E-state index contributed by atoms with van der Waals surface area (Å²) in [7, 11) is 0. The third kappa shape index (κ3) is 2.08. The second-order valence-electron chi connectivity index (χ2n) is 2.34. The molecule has 0 aromatic carbocycles. The average Bonchev–Trinajstić information content (AvgIpc) is 2.07. The van der Waals surface area contributed by atoms with Gasteiger partial charge in [-0.25, -0.2) is 18.6 Å². The summed E-state index contributed by atoms with van der Waals surface area (Å²) < 4.78 is 24.3. The van der Waals surface area contributed by atoms with E-state index in [1.807, 2.05) is 0 Å². The number of halogens is 3. The number of pyridine rings is 1. The maximum atomic E-state index is 12.2. The highest BCUT2D eigenvalue weighted by Crippen LogP contribution is 2.28. The Bertz CT molecular complexity index is 383. The molecule has 0 aliphatic heterocycles. The molecule has 0 fully saturated rings. The standard InChI is InChI=1S/C7H4F2INO3/c8-5(9)4-3(12)1-2(7(13)14)6(10)11-4/h1,5,12H,(H,13,14). The van der Waals surface area contributed by atoms with Crippen molar-refractivity contribution in [2.45, 2.75) is 6.43 Å². The molecule has 0 amide bonds. The second-order valence-corrected chi connectivity index (χ2v) is 3.36. The Morgan fingerprint density at radius 2 is 2.14 bits per heavy atom. The van der Waals surface area contributed by atoms with Gasteiger partial charge in [0.2, 0.25) is 0 Å². The first kappa shape index (κ1) is 11.1. The van der Waals surface area contributed by atoms with Crippen LogP contribution in [0.5, 0.6) is 5.75 Å². The van der Waals surface area contributed by atoms with Crippen LogP contribution >= 0.6 is 22.6 Å². The minimum absolute atomic E-state index is 0.0804. The van der Waals surface area contributed by atoms with E-state index in [1.54, 1.807) is 0 Å². The van der Waals surface area contributed by atoms with Gasteiger partial charge in [0.25, 0.3) is 6.43 Å². The van der Waals surface area contributed by atoms with Crippen LogP contribution in [0.1, 0.15) is 22.5 Å². The zero-order valence-electron chi connectivity index (χ0n) is 6.54. The lowest BCUT2D eigenvalue weighted by molar-refractivity contribution is 0.0693. The van der Waals surface area contributed by atoms with E-state index >= 15 is 0 Å². The summed E-state index contributed by atoms with van der Waals surface area (Å²) in [5.41, 5.74) is -1.10. The molecule has 76 valence electrons. The number of rotatable bonds is 2. The van der Waals surface area contributed by atoms with E-state index < -0.39 is 23.8 Å². The number of carboxylic acids is 1. The minimum Gasteiger partial charge on any atom is -0.506 e. The molecule has 1 rings (SSSR count). The van der Waals surface area contributed by atoms with Crippen molar-refractivity contribution < 1.29 is 23.8 Å². The van der Waals surface area contributed by atoms with Gasteiger partial charge >= 0.3 is 5.97 Å². The van der Waals surface area contributed by atoms with Crippen LogP contribution < -0.4 is 0 Å². The SMILES string of the molecule is O=C(O)c1cc(O)c(C(F)F)nc1I. The number of hydrogen-bond donors (Lipinski definition) is 2. The van der Waals surface area contributed by atoms with E-state index in [9.17, 15) is 13.6 Å². The van der Waals surface area contributed by atoms with Gasteiger partial charge in [0.1, 0.15) is 15.1 Å². The Labute approximate surface area is 90.7 Å². The van der Waals surface area contributed by atoms with Crippen LogP contribution in [0.25, 0.3) is 0 Å². The molecule has 14 heavy (non-hydrogen) atoms. The molecule has 2 N–H and O–H groups in total. The lowest BCUT2D eigenvalue weighted by atomic mass is 10.2. The number of aromatic nitrogens is 1. The minimum atomic E-state index is -2.92. The first-order valence-electron chi connectivity index (χ1n) is 3.34. The molecule has 1 heterocycles. The molecule has 0 unspecified atom stereocenters. The van der Waals surface area contributed by atoms with Gasteiger partial charge in [-0.1, -0.05) is 0 Å². The number of hydrogen-bond acceptors (Lipinski definition) is 3. The Morgan fingerprint density at radius 1 is 1.57 bits per heavy atom. The summed E-state index contributed by atoms with van der Waals surface area (Å²) in [6.45, 7) is 0. The lowest BCUT2D eigenvalue weighted by Crippen LogP contribution is -2.04. The van der Waals surface area contributed by atoms with Crippen LogP contribution in [0, 0.1) is 3.70 Å². The van der Waals surface area contributed by atoms with Crippen LogP contribution in [0.4, 0.5) is 8.78 Å². The van der Waals surface area contributed by atoms with E-state index in [0.29, 0.717) is 0 Å². The highest BCUT2D eigenvalue weighted by atomic mass is 127. The highest BCUT2D eigenvalue weighted by molar-refractivity contribution is 14.1. The molecule has 0 saturated heterocycles. The molecule has 1 aromatic rings. The summed E-state index contributed by atoms with van der Waals surface area (Å²) in [5.74, 6) is -2.13. The first-order valence-corrected chi connectivity index (χ1v) is 4.42. The van der Waals surface area contributed by atoms with Crippen molar-refractivity contribution in [2.24, 2.45) is 0 Å². The van der Waals surface area contributed by atoms with Crippen LogP contribution in [0.2, 0.25) is 0 Å². The summed E-state index contributed by atoms with van der Waals surface area (Å²) >= 11 is 1.51. The van der Waals surface area contributed by atoms with Crippen LogP contribution in [-0.2, 0) is 0 Å². The van der Waals surface area contributed by atoms with Gasteiger partial charge in [-0.15, -0.1) is 0 Å². The number of alkyl halides is 2. The van der Waals surface area contributed by atoms with Crippen LogP contribution in [0.3, 0.4) is 0 Å². The normalized spacial score (nSPS) is 10.6. The largest absolute Gasteiger partial charge is 0.506 e. The summed E-state index contributed by atoms with van der Waals surface area (Å²) in [4.78, 5) is 13.8. The van der Waals surface area contributed by atoms with Gasteiger partial charge in [-0.05, 0) is 28.7 Å². The molecule has 0 atom stereocenters. The Morgan fingerprint density at radius 3 is 2.57 bits per heavy atom. The van der Waals surface area contributed by atoms with E-state index in [4.69, 9.17) is 10.2 Å². The van der Waals surface area contributed by atoms with Crippen molar-refractivity contribution in [2.75, 3.05) is 0 Å². The van der Waals surface area contributed by atoms with Gasteiger partial charge in [-0.3, -0.25) is 0 Å². The Kier molecular flexibility index (Phi) is 3.19. The molecule has 4 nitrogen and oxygen atoms in total. The summed E-state index contributed by atoms with van der Waals surface area (Å²) in [5, 5.41) is 17.6. The molecular weight excluding hydrogens is 311 g/mol. The second kappa shape index (κ2) is 4.03. The topological polar surface area (TPSA) is 70.4 Å². The van der Waals surface area contributed by atoms with Gasteiger partial charge in [0.05, 0.1) is 5.56 Å². The van der Waals surface area contributed by atoms with Crippen molar-refractivity contribution in [1.82, 2.24) is 4.98 Å². The molecule has 0 aliphatic carbocycles. The first-order chi connectivity index (χ1) is 6.43. The summed E-state index contributed by atoms with van der Waals surface area (Å²) in [6.07, 6.45) is -2.92. The zero-order valence-corrected chi connectivity index (χ0v) is 8.70. The number of aromatic carboxylic acids is 1. The number of carboxylic acid groups (broad SMARTS) is 1. The zero-order chi connectivity index (χ0) is 10.9. The Hall–Kier alpha value is -0.990. The van der Waals surface area contributed by atoms with Gasteiger partial charge in [-0.2, -0.15) is 0 Å². The summed E-state index contributed by atoms with van der Waals surface area (Å²) in [6, 6.07) is 0.762. The predicted octanol–water partition coefficient (Wildman–Crippen LogP) is 2.03. The monoisotopic (exact) mass is 315 g/mol. The third-order valence-electron chi connectivity index (χ3n) is 1.42. The predicted molar refractivity (Wildman–Crippen MR) is 50.5 cm³/mol. The van der Waals surface area contributed by atoms with Crippen LogP contribution in [-0.4, -0.2) is 21.2 Å². The van der Waals surface area contributed by atoms with Crippen molar-refractivity contribution in [3.63, 3.8) is 0 Å². The fraction of sp³-hybridized carbons (Fsp3) is 0.143. The van der Waals surface area contributed by atoms with Crippen LogP contribution in [0.15, 0.2) is 6.07 Å². The maximum absolute atomic E-state index is 12.2. The van der Waals surface area contributed by atoms with E-state index in [-0.39, 0.29) is 9.26 Å².